The number of aromatic amines is 1. The summed E-state index contributed by atoms with van der Waals surface area (Å²) in [7, 11) is 0. The van der Waals surface area contributed by atoms with Crippen molar-refractivity contribution >= 4 is 39.1 Å². The van der Waals surface area contributed by atoms with Crippen molar-refractivity contribution in [2.24, 2.45) is 0 Å². The largest absolute Gasteiger partial charge is 0.310 e. The van der Waals surface area contributed by atoms with Gasteiger partial charge in [-0.15, -0.1) is 0 Å². The van der Waals surface area contributed by atoms with Gasteiger partial charge in [0.2, 0.25) is 0 Å². The number of hydrogen-bond donors (Lipinski definition) is 1. The summed E-state index contributed by atoms with van der Waals surface area (Å²) < 4.78 is 0. The highest BCUT2D eigenvalue weighted by Gasteiger charge is 2.04. The summed E-state index contributed by atoms with van der Waals surface area (Å²) in [5.41, 5.74) is 1.42. The first-order chi connectivity index (χ1) is 8.60. The van der Waals surface area contributed by atoms with E-state index < -0.39 is 0 Å². The highest BCUT2D eigenvalue weighted by molar-refractivity contribution is 9.08. The van der Waals surface area contributed by atoms with Crippen molar-refractivity contribution < 1.29 is 0 Å². The Morgan fingerprint density at radius 2 is 2.06 bits per heavy atom. The van der Waals surface area contributed by atoms with Gasteiger partial charge in [-0.25, -0.2) is 4.98 Å². The second-order valence-corrected chi connectivity index (χ2v) is 5.12. The summed E-state index contributed by atoms with van der Waals surface area (Å²) in [6.45, 7) is 0. The van der Waals surface area contributed by atoms with Crippen molar-refractivity contribution in [1.82, 2.24) is 9.97 Å². The molecule has 0 radical (unpaired) electrons. The maximum atomic E-state index is 11.6. The zero-order valence-corrected chi connectivity index (χ0v) is 12.3. The molecule has 1 N–H and O–H groups in total. The van der Waals surface area contributed by atoms with Crippen LogP contribution in [-0.4, -0.2) is 9.97 Å². The van der Waals surface area contributed by atoms with Crippen molar-refractivity contribution in [2.75, 3.05) is 0 Å². The van der Waals surface area contributed by atoms with Gasteiger partial charge in [0.15, 0.2) is 0 Å². The van der Waals surface area contributed by atoms with Crippen LogP contribution in [0.2, 0.25) is 10.0 Å². The standard InChI is InChI=1S/C12H9BrCl2N2O/c13-5-8-6-16-11(17-12(8)18)4-7-1-2-9(14)10(15)3-7/h1-3,6H,4-5H2,(H,16,17,18). The minimum atomic E-state index is -0.128. The van der Waals surface area contributed by atoms with E-state index in [-0.39, 0.29) is 5.56 Å². The second kappa shape index (κ2) is 5.87. The second-order valence-electron chi connectivity index (χ2n) is 3.74. The number of halogens is 3. The van der Waals surface area contributed by atoms with E-state index >= 15 is 0 Å². The fraction of sp³-hybridized carbons (Fsp3) is 0.167. The van der Waals surface area contributed by atoms with Gasteiger partial charge in [-0.2, -0.15) is 0 Å². The number of nitrogens with one attached hydrogen (secondary N) is 1. The van der Waals surface area contributed by atoms with Crippen LogP contribution in [0.4, 0.5) is 0 Å². The summed E-state index contributed by atoms with van der Waals surface area (Å²) in [6, 6.07) is 5.35. The highest BCUT2D eigenvalue weighted by Crippen LogP contribution is 2.23. The third-order valence-electron chi connectivity index (χ3n) is 2.43. The lowest BCUT2D eigenvalue weighted by molar-refractivity contribution is 0.928. The molecule has 0 saturated carbocycles. The Kier molecular flexibility index (Phi) is 4.43. The lowest BCUT2D eigenvalue weighted by atomic mass is 10.1. The van der Waals surface area contributed by atoms with Gasteiger partial charge in [0, 0.05) is 23.5 Å². The monoisotopic (exact) mass is 346 g/mol. The number of aromatic nitrogens is 2. The molecule has 0 aliphatic rings. The first-order valence-electron chi connectivity index (χ1n) is 5.17. The third-order valence-corrected chi connectivity index (χ3v) is 3.77. The van der Waals surface area contributed by atoms with Gasteiger partial charge >= 0.3 is 0 Å². The Hall–Kier alpha value is -0.840. The Morgan fingerprint density at radius 1 is 1.28 bits per heavy atom. The van der Waals surface area contributed by atoms with Gasteiger partial charge in [-0.05, 0) is 17.7 Å². The normalized spacial score (nSPS) is 10.6. The fourth-order valence-electron chi connectivity index (χ4n) is 1.49. The Morgan fingerprint density at radius 3 is 2.67 bits per heavy atom. The molecule has 0 fully saturated rings. The maximum absolute atomic E-state index is 11.6. The number of benzene rings is 1. The number of rotatable bonds is 3. The van der Waals surface area contributed by atoms with Gasteiger partial charge in [-0.1, -0.05) is 45.2 Å². The zero-order chi connectivity index (χ0) is 13.1. The van der Waals surface area contributed by atoms with Crippen LogP contribution < -0.4 is 5.56 Å². The molecule has 0 aliphatic carbocycles. The molecule has 0 unspecified atom stereocenters. The van der Waals surface area contributed by atoms with Crippen molar-refractivity contribution in [3.05, 3.63) is 61.7 Å². The molecule has 1 aromatic carbocycles. The smallest absolute Gasteiger partial charge is 0.254 e. The van der Waals surface area contributed by atoms with E-state index in [1.165, 1.54) is 0 Å². The Balaban J connectivity index is 2.26. The molecule has 0 saturated heterocycles. The molecule has 94 valence electrons. The quantitative estimate of drug-likeness (QED) is 0.863. The number of nitrogens with zero attached hydrogens (tertiary/aromatic N) is 1. The number of hydrogen-bond acceptors (Lipinski definition) is 2. The summed E-state index contributed by atoms with van der Waals surface area (Å²) in [4.78, 5) is 18.5. The van der Waals surface area contributed by atoms with E-state index in [9.17, 15) is 4.79 Å². The van der Waals surface area contributed by atoms with Crippen LogP contribution in [-0.2, 0) is 11.8 Å². The molecule has 18 heavy (non-hydrogen) atoms. The lowest BCUT2D eigenvalue weighted by Crippen LogP contribution is -2.15. The van der Waals surface area contributed by atoms with Gasteiger partial charge in [-0.3, -0.25) is 4.79 Å². The van der Waals surface area contributed by atoms with E-state index in [4.69, 9.17) is 23.2 Å². The predicted octanol–water partition coefficient (Wildman–Crippen LogP) is 3.56. The van der Waals surface area contributed by atoms with Crippen LogP contribution in [0.1, 0.15) is 17.0 Å². The highest BCUT2D eigenvalue weighted by atomic mass is 79.9. The number of alkyl halides is 1. The molecule has 3 nitrogen and oxygen atoms in total. The molecule has 2 aromatic rings. The van der Waals surface area contributed by atoms with E-state index in [1.807, 2.05) is 6.07 Å². The van der Waals surface area contributed by atoms with Crippen molar-refractivity contribution in [3.63, 3.8) is 0 Å². The fourth-order valence-corrected chi connectivity index (χ4v) is 2.21. The first kappa shape index (κ1) is 13.6. The van der Waals surface area contributed by atoms with Crippen molar-refractivity contribution in [1.29, 1.82) is 0 Å². The maximum Gasteiger partial charge on any atom is 0.254 e. The van der Waals surface area contributed by atoms with Gasteiger partial charge in [0.1, 0.15) is 5.82 Å². The average Bonchev–Trinajstić information content (AvgIpc) is 2.34. The van der Waals surface area contributed by atoms with Crippen LogP contribution in [0.25, 0.3) is 0 Å². The summed E-state index contributed by atoms with van der Waals surface area (Å²) in [5, 5.41) is 1.49. The van der Waals surface area contributed by atoms with E-state index in [0.717, 1.165) is 5.56 Å². The van der Waals surface area contributed by atoms with E-state index in [1.54, 1.807) is 18.3 Å². The van der Waals surface area contributed by atoms with E-state index in [2.05, 4.69) is 25.9 Å². The molecule has 0 atom stereocenters. The number of H-pyrrole nitrogens is 1. The summed E-state index contributed by atoms with van der Waals surface area (Å²) in [6.07, 6.45) is 2.08. The average molecular weight is 348 g/mol. The lowest BCUT2D eigenvalue weighted by Gasteiger charge is -2.03. The van der Waals surface area contributed by atoms with Gasteiger partial charge in [0.25, 0.3) is 5.56 Å². The molecule has 1 aromatic heterocycles. The van der Waals surface area contributed by atoms with Crippen LogP contribution in [0.3, 0.4) is 0 Å². The SMILES string of the molecule is O=c1[nH]c(Cc2ccc(Cl)c(Cl)c2)ncc1CBr. The third kappa shape index (κ3) is 3.13. The summed E-state index contributed by atoms with van der Waals surface area (Å²) >= 11 is 15.0. The minimum Gasteiger partial charge on any atom is -0.310 e. The Bertz CT molecular complexity index is 628. The van der Waals surface area contributed by atoms with Crippen molar-refractivity contribution in [2.45, 2.75) is 11.8 Å². The minimum absolute atomic E-state index is 0.128. The molecular formula is C12H9BrCl2N2O. The van der Waals surface area contributed by atoms with Crippen molar-refractivity contribution in [3.8, 4) is 0 Å². The van der Waals surface area contributed by atoms with E-state index in [0.29, 0.717) is 33.2 Å². The van der Waals surface area contributed by atoms with Crippen LogP contribution in [0.15, 0.2) is 29.2 Å². The molecule has 0 bridgehead atoms. The van der Waals surface area contributed by atoms with Crippen LogP contribution in [0.5, 0.6) is 0 Å². The van der Waals surface area contributed by atoms with Crippen LogP contribution >= 0.6 is 39.1 Å². The summed E-state index contributed by atoms with van der Waals surface area (Å²) in [5.74, 6) is 0.600. The molecule has 0 spiro atoms. The zero-order valence-electron chi connectivity index (χ0n) is 9.21. The first-order valence-corrected chi connectivity index (χ1v) is 7.05. The molecule has 6 heteroatoms. The molecule has 0 aliphatic heterocycles. The molecular weight excluding hydrogens is 339 g/mol. The Labute approximate surface area is 122 Å². The topological polar surface area (TPSA) is 45.8 Å². The molecule has 1 heterocycles. The van der Waals surface area contributed by atoms with Gasteiger partial charge < -0.3 is 4.98 Å². The van der Waals surface area contributed by atoms with Crippen LogP contribution in [0, 0.1) is 0 Å². The van der Waals surface area contributed by atoms with Gasteiger partial charge in [0.05, 0.1) is 10.0 Å². The molecule has 0 amide bonds. The predicted molar refractivity (Wildman–Crippen MR) is 76.8 cm³/mol. The molecule has 2 rings (SSSR count).